The minimum atomic E-state index is -3.59. The van der Waals surface area contributed by atoms with Crippen LogP contribution in [-0.4, -0.2) is 67.1 Å². The molecule has 51 heavy (non-hydrogen) atoms. The summed E-state index contributed by atoms with van der Waals surface area (Å²) in [6.45, 7) is 7.69. The Hall–Kier alpha value is -4.97. The van der Waals surface area contributed by atoms with Gasteiger partial charge in [0.05, 0.1) is 23.3 Å². The number of hydrogen-bond acceptors (Lipinski definition) is 8. The van der Waals surface area contributed by atoms with Gasteiger partial charge in [-0.3, -0.25) is 20.4 Å². The maximum Gasteiger partial charge on any atom is 2.00 e. The van der Waals surface area contributed by atoms with E-state index in [1.807, 2.05) is 125 Å². The van der Waals surface area contributed by atoms with Gasteiger partial charge in [-0.15, -0.1) is 24.3 Å². The first-order valence-corrected chi connectivity index (χ1v) is 17.6. The summed E-state index contributed by atoms with van der Waals surface area (Å²) >= 11 is 0. The Morgan fingerprint density at radius 2 is 0.627 bits per heavy atom. The van der Waals surface area contributed by atoms with E-state index in [4.69, 9.17) is 19.9 Å². The first kappa shape index (κ1) is 35.8. The van der Waals surface area contributed by atoms with Gasteiger partial charge in [-0.05, 0) is 47.0 Å². The summed E-state index contributed by atoms with van der Waals surface area (Å²) in [4.78, 5) is 21.2. The van der Waals surface area contributed by atoms with Crippen molar-refractivity contribution in [1.29, 1.82) is 0 Å². The van der Waals surface area contributed by atoms with Crippen molar-refractivity contribution in [2.45, 2.75) is 27.7 Å². The van der Waals surface area contributed by atoms with Crippen LogP contribution >= 0.6 is 0 Å². The van der Waals surface area contributed by atoms with Gasteiger partial charge in [-0.1, -0.05) is 101 Å². The van der Waals surface area contributed by atoms with Gasteiger partial charge in [-0.25, -0.2) is 0 Å². The number of aromatic nitrogens is 12. The summed E-state index contributed by atoms with van der Waals surface area (Å²) in [7, 11) is -3.59. The summed E-state index contributed by atoms with van der Waals surface area (Å²) in [5.41, 5.74) is 3.32. The average Bonchev–Trinajstić information content (AvgIpc) is 3.95. The third-order valence-corrected chi connectivity index (χ3v) is 12.1. The van der Waals surface area contributed by atoms with Crippen LogP contribution in [0.1, 0.15) is 22.8 Å². The van der Waals surface area contributed by atoms with Crippen LogP contribution in [0, 0.1) is 52.5 Å². The normalized spacial score (nSPS) is 11.2. The predicted molar refractivity (Wildman–Crippen MR) is 184 cm³/mol. The van der Waals surface area contributed by atoms with Crippen LogP contribution in [0.15, 0.2) is 97.1 Å². The Morgan fingerprint density at radius 3 is 0.824 bits per heavy atom. The third kappa shape index (κ3) is 6.76. The number of nitrogens with zero attached hydrogens (tertiary/aromatic N) is 12. The molecular weight excluding hydrogens is 1020 g/mol. The number of hydrogen-bond donors (Lipinski definition) is 0. The van der Waals surface area contributed by atoms with E-state index in [9.17, 15) is 0 Å². The quantitative estimate of drug-likeness (QED) is 0.167. The standard InChI is InChI=1S/C36H28N12Si.2Pt/c1-25-17-21-45(41-25)29-9-5-13-33(37-29)49(34-14-6-10-30(38-34)46-22-18-26(2)42-46,35-15-7-11-31(39-35)47-23-19-27(3)43-47)36-16-8-12-32(40-36)48-24-20-28(4)44-48;;/h5-20H,1-4H3;;/q-4;2*+2. The molecule has 0 bridgehead atoms. The fraction of sp³-hybridized carbons (Fsp3) is 0.111. The van der Waals surface area contributed by atoms with Gasteiger partial charge in [0, 0.05) is 21.3 Å². The minimum absolute atomic E-state index is 0. The van der Waals surface area contributed by atoms with Gasteiger partial charge in [0.2, 0.25) is 0 Å². The molecule has 8 aromatic heterocycles. The second-order valence-electron chi connectivity index (χ2n) is 11.6. The molecule has 0 unspecified atom stereocenters. The Balaban J connectivity index is 0.00000224. The van der Waals surface area contributed by atoms with Crippen molar-refractivity contribution in [2.75, 3.05) is 0 Å². The first-order valence-electron chi connectivity index (χ1n) is 15.6. The van der Waals surface area contributed by atoms with Gasteiger partial charge in [0.15, 0.2) is 0 Å². The molecule has 0 radical (unpaired) electrons. The SMILES string of the molecule is Cc1c[c-]n(-c2cccc([Si](c3cccc(-n4[c-]cc(C)n4)n3)(c3cccc(-n4[c-]cc(C)n4)n3)c3cccc(-n4[c-]cc(C)n4)n3)n2)n1.[Pt+2].[Pt+2]. The maximum atomic E-state index is 5.30. The van der Waals surface area contributed by atoms with Crippen LogP contribution in [0.25, 0.3) is 23.3 Å². The Morgan fingerprint density at radius 1 is 0.392 bits per heavy atom. The topological polar surface area (TPSA) is 123 Å². The van der Waals surface area contributed by atoms with E-state index in [0.29, 0.717) is 23.3 Å². The van der Waals surface area contributed by atoms with Crippen molar-refractivity contribution in [3.05, 3.63) is 145 Å². The molecule has 8 aromatic rings. The molecule has 0 saturated heterocycles. The number of pyridine rings is 4. The van der Waals surface area contributed by atoms with Crippen LogP contribution < -0.4 is 21.3 Å². The Labute approximate surface area is 324 Å². The third-order valence-electron chi connectivity index (χ3n) is 7.96. The second kappa shape index (κ2) is 14.7. The van der Waals surface area contributed by atoms with Gasteiger partial charge in [0.25, 0.3) is 8.07 Å². The van der Waals surface area contributed by atoms with Crippen LogP contribution in [0.3, 0.4) is 0 Å². The van der Waals surface area contributed by atoms with Gasteiger partial charge in [-0.2, -0.15) is 0 Å². The number of aryl methyl sites for hydroxylation is 4. The Kier molecular flexibility index (Phi) is 10.3. The molecule has 15 heteroatoms. The van der Waals surface area contributed by atoms with E-state index in [2.05, 4.69) is 45.2 Å². The molecule has 0 fully saturated rings. The van der Waals surface area contributed by atoms with Crippen LogP contribution in [0.5, 0.6) is 0 Å². The molecular formula is C36H28N12Pt2Si. The van der Waals surface area contributed by atoms with E-state index in [1.165, 1.54) is 0 Å². The van der Waals surface area contributed by atoms with E-state index in [-0.39, 0.29) is 42.1 Å². The van der Waals surface area contributed by atoms with Crippen LogP contribution in [-0.2, 0) is 42.1 Å². The smallest absolute Gasteiger partial charge is 0.343 e. The minimum Gasteiger partial charge on any atom is -0.343 e. The van der Waals surface area contributed by atoms with Crippen LogP contribution in [0.4, 0.5) is 0 Å². The van der Waals surface area contributed by atoms with E-state index in [1.54, 1.807) is 18.7 Å². The fourth-order valence-electron chi connectivity index (χ4n) is 5.74. The van der Waals surface area contributed by atoms with Gasteiger partial charge >= 0.3 is 42.1 Å². The van der Waals surface area contributed by atoms with Crippen molar-refractivity contribution >= 4 is 29.3 Å². The Bertz CT molecular complexity index is 2110. The van der Waals surface area contributed by atoms with E-state index >= 15 is 0 Å². The largest absolute Gasteiger partial charge is 2.00 e. The predicted octanol–water partition coefficient (Wildman–Crippen LogP) is 1.82. The van der Waals surface area contributed by atoms with E-state index < -0.39 is 8.07 Å². The summed E-state index contributed by atoms with van der Waals surface area (Å²) in [5.74, 6) is 2.42. The zero-order valence-corrected chi connectivity index (χ0v) is 33.3. The summed E-state index contributed by atoms with van der Waals surface area (Å²) < 4.78 is 6.61. The first-order chi connectivity index (χ1) is 23.9. The molecule has 12 nitrogen and oxygen atoms in total. The van der Waals surface area contributed by atoms with Gasteiger partial charge < -0.3 is 38.7 Å². The molecule has 0 N–H and O–H groups in total. The maximum absolute atomic E-state index is 5.30. The van der Waals surface area contributed by atoms with Crippen molar-refractivity contribution in [2.24, 2.45) is 0 Å². The summed E-state index contributed by atoms with van der Waals surface area (Å²) in [5, 5.41) is 21.4. The molecule has 8 rings (SSSR count). The molecule has 0 amide bonds. The molecule has 256 valence electrons. The van der Waals surface area contributed by atoms with Crippen molar-refractivity contribution in [3.8, 4) is 23.3 Å². The summed E-state index contributed by atoms with van der Waals surface area (Å²) in [6, 6.07) is 30.9. The molecule has 0 aliphatic rings. The molecule has 0 saturated carbocycles. The molecule has 0 atom stereocenters. The zero-order valence-electron chi connectivity index (χ0n) is 27.7. The average molecular weight is 1050 g/mol. The molecule has 0 spiro atoms. The zero-order chi connectivity index (χ0) is 33.5. The van der Waals surface area contributed by atoms with Crippen molar-refractivity contribution in [1.82, 2.24) is 59.1 Å². The molecule has 0 aliphatic heterocycles. The molecule has 8 heterocycles. The fourth-order valence-corrected chi connectivity index (χ4v) is 9.83. The molecule has 0 aliphatic carbocycles. The van der Waals surface area contributed by atoms with E-state index in [0.717, 1.165) is 44.0 Å². The monoisotopic (exact) mass is 1050 g/mol. The van der Waals surface area contributed by atoms with Crippen LogP contribution in [0.2, 0.25) is 0 Å². The number of rotatable bonds is 8. The summed E-state index contributed by atoms with van der Waals surface area (Å²) in [6.07, 6.45) is 12.7. The molecule has 0 aromatic carbocycles. The van der Waals surface area contributed by atoms with Crippen molar-refractivity contribution < 1.29 is 42.1 Å². The van der Waals surface area contributed by atoms with Gasteiger partial charge in [0.1, 0.15) is 0 Å². The second-order valence-corrected chi connectivity index (χ2v) is 15.1. The van der Waals surface area contributed by atoms with Crippen molar-refractivity contribution in [3.63, 3.8) is 0 Å².